The van der Waals surface area contributed by atoms with Crippen molar-refractivity contribution in [2.24, 2.45) is 0 Å². The number of nitrogens with zero attached hydrogens (tertiary/aromatic N) is 1. The quantitative estimate of drug-likeness (QED) is 0.673. The molecule has 0 radical (unpaired) electrons. The number of carbonyl (C=O) groups is 1. The average molecular weight is 412 g/mol. The van der Waals surface area contributed by atoms with E-state index in [1.807, 2.05) is 12.1 Å². The Kier molecular flexibility index (Phi) is 4.79. The fourth-order valence-corrected chi connectivity index (χ4v) is 5.15. The molecule has 1 amide bonds. The zero-order chi connectivity index (χ0) is 20.6. The molecule has 0 atom stereocenters. The van der Waals surface area contributed by atoms with Crippen LogP contribution in [0.15, 0.2) is 59.5 Å². The number of hydrogen-bond acceptors (Lipinski definition) is 5. The van der Waals surface area contributed by atoms with Gasteiger partial charge in [-0.3, -0.25) is 9.10 Å². The maximum absolute atomic E-state index is 13.0. The lowest BCUT2D eigenvalue weighted by Crippen LogP contribution is -2.38. The van der Waals surface area contributed by atoms with Crippen LogP contribution in [0.4, 0.5) is 5.69 Å². The maximum atomic E-state index is 13.0. The number of benzene rings is 3. The molecule has 3 aromatic carbocycles. The van der Waals surface area contributed by atoms with Gasteiger partial charge in [-0.1, -0.05) is 24.3 Å². The van der Waals surface area contributed by atoms with E-state index in [0.717, 1.165) is 15.3 Å². The van der Waals surface area contributed by atoms with Crippen LogP contribution in [0.2, 0.25) is 0 Å². The number of sulfonamides is 1. The van der Waals surface area contributed by atoms with Crippen LogP contribution in [0.25, 0.3) is 10.8 Å². The van der Waals surface area contributed by atoms with Crippen LogP contribution in [0.1, 0.15) is 5.56 Å². The topological polar surface area (TPSA) is 84.9 Å². The molecule has 150 valence electrons. The van der Waals surface area contributed by atoms with Crippen LogP contribution < -0.4 is 19.1 Å². The fraction of sp³-hybridized carbons (Fsp3) is 0.190. The summed E-state index contributed by atoms with van der Waals surface area (Å²) < 4.78 is 37.5. The molecule has 0 bridgehead atoms. The molecule has 0 aromatic heterocycles. The summed E-state index contributed by atoms with van der Waals surface area (Å²) in [5.74, 6) is 0.816. The summed E-state index contributed by atoms with van der Waals surface area (Å²) in [5.41, 5.74) is 1.31. The molecule has 0 aliphatic carbocycles. The van der Waals surface area contributed by atoms with Gasteiger partial charge < -0.3 is 14.8 Å². The summed E-state index contributed by atoms with van der Waals surface area (Å²) in [7, 11) is -0.667. The van der Waals surface area contributed by atoms with Crippen molar-refractivity contribution in [2.45, 2.75) is 11.4 Å². The first-order chi connectivity index (χ1) is 13.9. The molecule has 1 heterocycles. The zero-order valence-electron chi connectivity index (χ0n) is 16.0. The Bertz CT molecular complexity index is 1180. The summed E-state index contributed by atoms with van der Waals surface area (Å²) in [6.45, 7) is -0.0747. The van der Waals surface area contributed by atoms with Crippen molar-refractivity contribution < 1.29 is 22.7 Å². The number of hydrogen-bond donors (Lipinski definition) is 1. The number of anilines is 1. The van der Waals surface area contributed by atoms with E-state index in [4.69, 9.17) is 9.47 Å². The lowest BCUT2D eigenvalue weighted by atomic mass is 10.1. The van der Waals surface area contributed by atoms with Crippen LogP contribution in [-0.2, 0) is 21.4 Å². The SMILES string of the molecule is COc1cc(CNC(=O)CN2c3cccc4cccc(c34)S2(=O)=O)cc(OC)c1. The van der Waals surface area contributed by atoms with Crippen molar-refractivity contribution in [3.63, 3.8) is 0 Å². The van der Waals surface area contributed by atoms with Crippen molar-refractivity contribution in [1.82, 2.24) is 5.32 Å². The van der Waals surface area contributed by atoms with Crippen molar-refractivity contribution in [2.75, 3.05) is 25.1 Å². The van der Waals surface area contributed by atoms with Gasteiger partial charge in [-0.05, 0) is 35.2 Å². The highest BCUT2D eigenvalue weighted by molar-refractivity contribution is 7.93. The van der Waals surface area contributed by atoms with E-state index in [1.165, 1.54) is 0 Å². The largest absolute Gasteiger partial charge is 0.497 e. The summed E-state index contributed by atoms with van der Waals surface area (Å²) in [4.78, 5) is 12.8. The molecule has 0 spiro atoms. The van der Waals surface area contributed by atoms with Gasteiger partial charge in [0, 0.05) is 18.0 Å². The first-order valence-electron chi connectivity index (χ1n) is 8.97. The average Bonchev–Trinajstić information content (AvgIpc) is 2.95. The second-order valence-electron chi connectivity index (χ2n) is 6.64. The third kappa shape index (κ3) is 3.36. The number of carbonyl (C=O) groups excluding carboxylic acids is 1. The molecule has 8 heteroatoms. The molecule has 29 heavy (non-hydrogen) atoms. The van der Waals surface area contributed by atoms with Crippen LogP contribution in [0.5, 0.6) is 11.5 Å². The minimum atomic E-state index is -3.77. The third-order valence-electron chi connectivity index (χ3n) is 4.87. The molecule has 0 fully saturated rings. The first kappa shape index (κ1) is 19.1. The minimum absolute atomic E-state index is 0.220. The molecule has 1 aliphatic heterocycles. The summed E-state index contributed by atoms with van der Waals surface area (Å²) in [5, 5.41) is 4.25. The highest BCUT2D eigenvalue weighted by Gasteiger charge is 2.36. The normalized spacial score (nSPS) is 14.1. The Morgan fingerprint density at radius 1 is 1.00 bits per heavy atom. The molecule has 0 unspecified atom stereocenters. The van der Waals surface area contributed by atoms with Gasteiger partial charge >= 0.3 is 0 Å². The lowest BCUT2D eigenvalue weighted by molar-refractivity contribution is -0.119. The Hall–Kier alpha value is -3.26. The predicted octanol–water partition coefficient (Wildman–Crippen LogP) is 2.68. The Morgan fingerprint density at radius 3 is 2.31 bits per heavy atom. The summed E-state index contributed by atoms with van der Waals surface area (Å²) >= 11 is 0. The van der Waals surface area contributed by atoms with Gasteiger partial charge in [0.25, 0.3) is 10.0 Å². The Labute approximate surface area is 168 Å². The standard InChI is InChI=1S/C21H20N2O5S/c1-27-16-9-14(10-17(11-16)28-2)12-22-20(24)13-23-18-7-3-5-15-6-4-8-19(21(15)18)29(23,25)26/h3-11H,12-13H2,1-2H3,(H,22,24). The Morgan fingerprint density at radius 2 is 1.66 bits per heavy atom. The first-order valence-corrected chi connectivity index (χ1v) is 10.4. The van der Waals surface area contributed by atoms with Gasteiger partial charge in [0.2, 0.25) is 5.91 Å². The van der Waals surface area contributed by atoms with Crippen LogP contribution in [0.3, 0.4) is 0 Å². The monoisotopic (exact) mass is 412 g/mol. The molecule has 4 rings (SSSR count). The number of methoxy groups -OCH3 is 2. The van der Waals surface area contributed by atoms with Gasteiger partial charge in [0.05, 0.1) is 24.8 Å². The van der Waals surface area contributed by atoms with Crippen molar-refractivity contribution in [3.05, 3.63) is 60.2 Å². The second kappa shape index (κ2) is 7.29. The van der Waals surface area contributed by atoms with E-state index in [1.54, 1.807) is 56.7 Å². The van der Waals surface area contributed by atoms with E-state index in [2.05, 4.69) is 5.32 Å². The number of rotatable bonds is 6. The number of nitrogens with one attached hydrogen (secondary N) is 1. The molecule has 1 N–H and O–H groups in total. The highest BCUT2D eigenvalue weighted by atomic mass is 32.2. The molecular formula is C21H20N2O5S. The van der Waals surface area contributed by atoms with Gasteiger partial charge in [0.15, 0.2) is 0 Å². The molecule has 1 aliphatic rings. The van der Waals surface area contributed by atoms with Gasteiger partial charge in [-0.2, -0.15) is 0 Å². The number of amides is 1. The highest BCUT2D eigenvalue weighted by Crippen LogP contribution is 2.41. The molecule has 0 saturated carbocycles. The van der Waals surface area contributed by atoms with E-state index in [-0.39, 0.29) is 18.0 Å². The van der Waals surface area contributed by atoms with Gasteiger partial charge in [-0.15, -0.1) is 0 Å². The van der Waals surface area contributed by atoms with Crippen LogP contribution in [-0.4, -0.2) is 35.1 Å². The third-order valence-corrected chi connectivity index (χ3v) is 6.67. The fourth-order valence-electron chi connectivity index (χ4n) is 3.48. The minimum Gasteiger partial charge on any atom is -0.497 e. The van der Waals surface area contributed by atoms with Gasteiger partial charge in [0.1, 0.15) is 18.0 Å². The second-order valence-corrected chi connectivity index (χ2v) is 8.47. The van der Waals surface area contributed by atoms with E-state index < -0.39 is 15.9 Å². The molecule has 3 aromatic rings. The maximum Gasteiger partial charge on any atom is 0.265 e. The zero-order valence-corrected chi connectivity index (χ0v) is 16.8. The van der Waals surface area contributed by atoms with Crippen molar-refractivity contribution >= 4 is 32.4 Å². The van der Waals surface area contributed by atoms with Crippen molar-refractivity contribution in [1.29, 1.82) is 0 Å². The van der Waals surface area contributed by atoms with Crippen LogP contribution >= 0.6 is 0 Å². The van der Waals surface area contributed by atoms with Gasteiger partial charge in [-0.25, -0.2) is 8.42 Å². The molecule has 0 saturated heterocycles. The van der Waals surface area contributed by atoms with Crippen LogP contribution in [0, 0.1) is 0 Å². The molecular weight excluding hydrogens is 392 g/mol. The smallest absolute Gasteiger partial charge is 0.265 e. The summed E-state index contributed by atoms with van der Waals surface area (Å²) in [6, 6.07) is 15.8. The lowest BCUT2D eigenvalue weighted by Gasteiger charge is -2.18. The summed E-state index contributed by atoms with van der Waals surface area (Å²) in [6.07, 6.45) is 0. The Balaban J connectivity index is 1.53. The number of ether oxygens (including phenoxy) is 2. The van der Waals surface area contributed by atoms with E-state index >= 15 is 0 Å². The van der Waals surface area contributed by atoms with Crippen molar-refractivity contribution in [3.8, 4) is 11.5 Å². The predicted molar refractivity (Wildman–Crippen MR) is 110 cm³/mol. The molecule has 7 nitrogen and oxygen atoms in total. The van der Waals surface area contributed by atoms with E-state index in [9.17, 15) is 13.2 Å². The van der Waals surface area contributed by atoms with E-state index in [0.29, 0.717) is 22.6 Å².